The molecule has 10 nitrogen and oxygen atoms in total. The van der Waals surface area contributed by atoms with E-state index in [-0.39, 0.29) is 11.9 Å². The molecule has 2 saturated heterocycles. The summed E-state index contributed by atoms with van der Waals surface area (Å²) < 4.78 is 33.6. The Morgan fingerprint density at radius 3 is 2.61 bits per heavy atom. The molecule has 1 aromatic heterocycles. The number of nitrogens with one attached hydrogen (secondary N) is 2. The van der Waals surface area contributed by atoms with Crippen LogP contribution in [-0.4, -0.2) is 67.2 Å². The second-order valence-corrected chi connectivity index (χ2v) is 10.1. The van der Waals surface area contributed by atoms with Crippen LogP contribution in [0.25, 0.3) is 0 Å². The molecule has 0 saturated carbocycles. The number of methoxy groups -OCH3 is 1. The van der Waals surface area contributed by atoms with E-state index in [0.29, 0.717) is 47.4 Å². The minimum atomic E-state index is -0.655. The second kappa shape index (κ2) is 12.1. The van der Waals surface area contributed by atoms with Gasteiger partial charge in [-0.25, -0.2) is 23.8 Å². The Morgan fingerprint density at radius 2 is 1.90 bits per heavy atom. The number of carbonyl (C=O) groups is 1. The lowest BCUT2D eigenvalue weighted by Gasteiger charge is -2.40. The Morgan fingerprint density at radius 1 is 1.12 bits per heavy atom. The first-order valence-electron chi connectivity index (χ1n) is 13.3. The van der Waals surface area contributed by atoms with Gasteiger partial charge in [0.05, 0.1) is 36.8 Å². The number of ether oxygens (including phenoxy) is 1. The standard InChI is InChI=1S/C29H33F2N7O3/c1-5-29(39)35-22-13-23(26(40-4)14-25(22)37-8-7-36(3)16-18(37)2)34-27-15-28(33-17-32-27)38-24(6-9-41-38)19-10-20(30)12-21(31)11-19/h5,10-15,17-18,24H,1,6-9,16H2,2-4H3,(H,35,39)(H,32,33,34). The maximum absolute atomic E-state index is 13.9. The van der Waals surface area contributed by atoms with Gasteiger partial charge in [-0.1, -0.05) is 6.58 Å². The van der Waals surface area contributed by atoms with E-state index in [0.717, 1.165) is 31.4 Å². The SMILES string of the molecule is C=CC(=O)Nc1cc(Nc2cc(N3OCCC3c3cc(F)cc(F)c3)ncn2)c(OC)cc1N1CCN(C)CC1C. The first-order chi connectivity index (χ1) is 19.7. The zero-order valence-corrected chi connectivity index (χ0v) is 23.2. The zero-order valence-electron chi connectivity index (χ0n) is 23.2. The Labute approximate surface area is 237 Å². The van der Waals surface area contributed by atoms with Crippen LogP contribution in [0, 0.1) is 11.6 Å². The Hall–Kier alpha value is -4.29. The lowest BCUT2D eigenvalue weighted by molar-refractivity contribution is -0.111. The van der Waals surface area contributed by atoms with Gasteiger partial charge in [-0.05, 0) is 43.8 Å². The number of likely N-dealkylation sites (N-methyl/N-ethyl adjacent to an activating group) is 1. The highest BCUT2D eigenvalue weighted by Gasteiger charge is 2.30. The number of halogens is 2. The number of hydrogen-bond acceptors (Lipinski definition) is 9. The summed E-state index contributed by atoms with van der Waals surface area (Å²) in [6, 6.07) is 8.57. The molecule has 216 valence electrons. The van der Waals surface area contributed by atoms with Crippen LogP contribution in [-0.2, 0) is 9.63 Å². The molecule has 2 atom stereocenters. The highest BCUT2D eigenvalue weighted by Crippen LogP contribution is 2.40. The van der Waals surface area contributed by atoms with Gasteiger partial charge >= 0.3 is 0 Å². The summed E-state index contributed by atoms with van der Waals surface area (Å²) in [6.45, 7) is 8.63. The second-order valence-electron chi connectivity index (χ2n) is 10.1. The minimum Gasteiger partial charge on any atom is -0.494 e. The van der Waals surface area contributed by atoms with E-state index in [1.807, 2.05) is 6.07 Å². The third kappa shape index (κ3) is 6.23. The van der Waals surface area contributed by atoms with Gasteiger partial charge in [-0.15, -0.1) is 0 Å². The normalized spacial score (nSPS) is 19.2. The summed E-state index contributed by atoms with van der Waals surface area (Å²) in [5.41, 5.74) is 2.45. The first kappa shape index (κ1) is 28.2. The van der Waals surface area contributed by atoms with Crippen LogP contribution in [0.1, 0.15) is 24.9 Å². The maximum atomic E-state index is 13.9. The predicted molar refractivity (Wildman–Crippen MR) is 154 cm³/mol. The molecule has 5 rings (SSSR count). The van der Waals surface area contributed by atoms with Crippen molar-refractivity contribution in [2.75, 3.05) is 61.0 Å². The van der Waals surface area contributed by atoms with Crippen molar-refractivity contribution in [3.8, 4) is 5.75 Å². The van der Waals surface area contributed by atoms with Gasteiger partial charge in [0.2, 0.25) is 5.91 Å². The molecule has 0 bridgehead atoms. The lowest BCUT2D eigenvalue weighted by atomic mass is 10.0. The van der Waals surface area contributed by atoms with Crippen LogP contribution in [0.5, 0.6) is 5.75 Å². The molecule has 1 amide bonds. The van der Waals surface area contributed by atoms with Gasteiger partial charge in [0.15, 0.2) is 5.82 Å². The Bertz CT molecular complexity index is 1420. The van der Waals surface area contributed by atoms with E-state index in [2.05, 4.69) is 51.0 Å². The molecule has 2 aliphatic rings. The van der Waals surface area contributed by atoms with Crippen LogP contribution in [0.3, 0.4) is 0 Å². The molecule has 2 aliphatic heterocycles. The number of rotatable bonds is 8. The van der Waals surface area contributed by atoms with E-state index >= 15 is 0 Å². The fourth-order valence-corrected chi connectivity index (χ4v) is 5.29. The van der Waals surface area contributed by atoms with Crippen LogP contribution in [0.15, 0.2) is 55.4 Å². The highest BCUT2D eigenvalue weighted by molar-refractivity contribution is 6.02. The van der Waals surface area contributed by atoms with E-state index in [4.69, 9.17) is 9.57 Å². The van der Waals surface area contributed by atoms with Crippen molar-refractivity contribution in [3.05, 3.63) is 72.6 Å². The monoisotopic (exact) mass is 565 g/mol. The molecular formula is C29H33F2N7O3. The molecule has 0 spiro atoms. The summed E-state index contributed by atoms with van der Waals surface area (Å²) in [7, 11) is 3.66. The van der Waals surface area contributed by atoms with Gasteiger partial charge in [-0.2, -0.15) is 0 Å². The smallest absolute Gasteiger partial charge is 0.247 e. The van der Waals surface area contributed by atoms with Crippen molar-refractivity contribution in [1.29, 1.82) is 0 Å². The number of aromatic nitrogens is 2. The average molecular weight is 566 g/mol. The van der Waals surface area contributed by atoms with Gasteiger partial charge in [-0.3, -0.25) is 9.63 Å². The average Bonchev–Trinajstić information content (AvgIpc) is 3.43. The largest absolute Gasteiger partial charge is 0.494 e. The number of hydrogen-bond donors (Lipinski definition) is 2. The van der Waals surface area contributed by atoms with Gasteiger partial charge < -0.3 is 25.2 Å². The maximum Gasteiger partial charge on any atom is 0.247 e. The van der Waals surface area contributed by atoms with Gasteiger partial charge in [0.1, 0.15) is 29.5 Å². The van der Waals surface area contributed by atoms with Crippen molar-refractivity contribution in [2.45, 2.75) is 25.4 Å². The fraction of sp³-hybridized carbons (Fsp3) is 0.345. The summed E-state index contributed by atoms with van der Waals surface area (Å²) in [5, 5.41) is 7.72. The quantitative estimate of drug-likeness (QED) is 0.379. The number of nitrogens with zero attached hydrogens (tertiary/aromatic N) is 5. The zero-order chi connectivity index (χ0) is 29.1. The molecule has 3 heterocycles. The topological polar surface area (TPSA) is 95.1 Å². The number of piperazine rings is 1. The lowest BCUT2D eigenvalue weighted by Crippen LogP contribution is -2.50. The van der Waals surface area contributed by atoms with Crippen molar-refractivity contribution >= 4 is 34.6 Å². The molecular weight excluding hydrogens is 532 g/mol. The summed E-state index contributed by atoms with van der Waals surface area (Å²) >= 11 is 0. The van der Waals surface area contributed by atoms with Crippen LogP contribution >= 0.6 is 0 Å². The third-order valence-electron chi connectivity index (χ3n) is 7.22. The van der Waals surface area contributed by atoms with E-state index in [9.17, 15) is 13.6 Å². The molecule has 2 unspecified atom stereocenters. The Kier molecular flexibility index (Phi) is 8.31. The number of hydroxylamine groups is 1. The molecule has 2 fully saturated rings. The molecule has 12 heteroatoms. The molecule has 0 radical (unpaired) electrons. The van der Waals surface area contributed by atoms with Gasteiger partial charge in [0.25, 0.3) is 0 Å². The predicted octanol–water partition coefficient (Wildman–Crippen LogP) is 4.65. The molecule has 2 N–H and O–H groups in total. The van der Waals surface area contributed by atoms with Crippen LogP contribution < -0.4 is 25.3 Å². The summed E-state index contributed by atoms with van der Waals surface area (Å²) in [4.78, 5) is 31.3. The van der Waals surface area contributed by atoms with Crippen molar-refractivity contribution in [3.63, 3.8) is 0 Å². The molecule has 41 heavy (non-hydrogen) atoms. The fourth-order valence-electron chi connectivity index (χ4n) is 5.29. The molecule has 3 aromatic rings. The van der Waals surface area contributed by atoms with Gasteiger partial charge in [0, 0.05) is 50.3 Å². The van der Waals surface area contributed by atoms with E-state index in [1.165, 1.54) is 29.6 Å². The number of benzene rings is 2. The van der Waals surface area contributed by atoms with Crippen LogP contribution in [0.4, 0.5) is 37.5 Å². The molecule has 2 aromatic carbocycles. The number of amides is 1. The minimum absolute atomic E-state index is 0.209. The number of carbonyl (C=O) groups excluding carboxylic acids is 1. The van der Waals surface area contributed by atoms with E-state index < -0.39 is 17.7 Å². The summed E-state index contributed by atoms with van der Waals surface area (Å²) in [6.07, 6.45) is 3.12. The molecule has 0 aliphatic carbocycles. The van der Waals surface area contributed by atoms with Crippen molar-refractivity contribution in [1.82, 2.24) is 14.9 Å². The third-order valence-corrected chi connectivity index (χ3v) is 7.22. The van der Waals surface area contributed by atoms with Crippen molar-refractivity contribution < 1.29 is 23.1 Å². The van der Waals surface area contributed by atoms with E-state index in [1.54, 1.807) is 19.2 Å². The Balaban J connectivity index is 1.46. The van der Waals surface area contributed by atoms with Crippen molar-refractivity contribution in [2.24, 2.45) is 0 Å². The highest BCUT2D eigenvalue weighted by atomic mass is 19.1. The first-order valence-corrected chi connectivity index (χ1v) is 13.3. The van der Waals surface area contributed by atoms with Crippen LogP contribution in [0.2, 0.25) is 0 Å². The number of anilines is 5. The summed E-state index contributed by atoms with van der Waals surface area (Å²) in [5.74, 6) is -0.255.